The molecule has 0 radical (unpaired) electrons. The number of aromatic nitrogens is 1. The fourth-order valence-electron chi connectivity index (χ4n) is 1.73. The van der Waals surface area contributed by atoms with Crippen molar-refractivity contribution in [3.8, 4) is 0 Å². The Hall–Kier alpha value is -0.940. The molecule has 0 aliphatic rings. The van der Waals surface area contributed by atoms with Crippen LogP contribution in [0.2, 0.25) is 0 Å². The van der Waals surface area contributed by atoms with Crippen LogP contribution in [0.5, 0.6) is 0 Å². The van der Waals surface area contributed by atoms with E-state index in [1.54, 1.807) is 19.1 Å². The number of pyridine rings is 1. The summed E-state index contributed by atoms with van der Waals surface area (Å²) >= 11 is 3.48. The summed E-state index contributed by atoms with van der Waals surface area (Å²) in [4.78, 5) is 18.4. The Balaban J connectivity index is 2.74. The quantitative estimate of drug-likeness (QED) is 0.782. The molecule has 4 nitrogen and oxygen atoms in total. The zero-order valence-electron chi connectivity index (χ0n) is 11.2. The Morgan fingerprint density at radius 2 is 2.17 bits per heavy atom. The van der Waals surface area contributed by atoms with Crippen LogP contribution in [0.15, 0.2) is 12.1 Å². The first-order valence-corrected chi connectivity index (χ1v) is 6.70. The number of hydrogen-bond acceptors (Lipinski definition) is 3. The maximum Gasteiger partial charge on any atom is 0.255 e. The fourth-order valence-corrected chi connectivity index (χ4v) is 2.43. The van der Waals surface area contributed by atoms with Crippen molar-refractivity contribution < 1.29 is 9.53 Å². The summed E-state index contributed by atoms with van der Waals surface area (Å²) in [5, 5.41) is 0. The van der Waals surface area contributed by atoms with Gasteiger partial charge in [-0.3, -0.25) is 9.78 Å². The average molecular weight is 315 g/mol. The van der Waals surface area contributed by atoms with Gasteiger partial charge in [0, 0.05) is 26.4 Å². The van der Waals surface area contributed by atoms with Crippen LogP contribution in [-0.2, 0) is 4.74 Å². The first kappa shape index (κ1) is 15.1. The van der Waals surface area contributed by atoms with Crippen molar-refractivity contribution in [2.75, 3.05) is 27.3 Å². The van der Waals surface area contributed by atoms with E-state index >= 15 is 0 Å². The summed E-state index contributed by atoms with van der Waals surface area (Å²) in [6.45, 7) is 4.94. The maximum atomic E-state index is 12.2. The molecule has 0 fully saturated rings. The van der Waals surface area contributed by atoms with Crippen LogP contribution in [0.1, 0.15) is 21.7 Å². The largest absolute Gasteiger partial charge is 0.383 e. The number of carbonyl (C=O) groups excluding carboxylic acids is 1. The number of halogens is 1. The number of aryl methyl sites for hydroxylation is 2. The van der Waals surface area contributed by atoms with Crippen molar-refractivity contribution >= 4 is 21.8 Å². The summed E-state index contributed by atoms with van der Waals surface area (Å²) in [7, 11) is 3.43. The molecule has 1 rings (SSSR count). The van der Waals surface area contributed by atoms with Crippen molar-refractivity contribution in [3.05, 3.63) is 29.1 Å². The van der Waals surface area contributed by atoms with Crippen molar-refractivity contribution in [2.45, 2.75) is 18.7 Å². The molecule has 5 heteroatoms. The van der Waals surface area contributed by atoms with Crippen LogP contribution in [0.4, 0.5) is 0 Å². The molecule has 18 heavy (non-hydrogen) atoms. The second-order valence-electron chi connectivity index (χ2n) is 4.32. The highest BCUT2D eigenvalue weighted by Crippen LogP contribution is 2.11. The molecule has 1 atom stereocenters. The van der Waals surface area contributed by atoms with Gasteiger partial charge in [0.25, 0.3) is 5.91 Å². The Labute approximate surface area is 116 Å². The Bertz CT molecular complexity index is 423. The summed E-state index contributed by atoms with van der Waals surface area (Å²) in [5.41, 5.74) is 2.34. The van der Waals surface area contributed by atoms with E-state index in [4.69, 9.17) is 4.74 Å². The molecule has 0 N–H and O–H groups in total. The van der Waals surface area contributed by atoms with Gasteiger partial charge in [0.2, 0.25) is 0 Å². The molecule has 1 amide bonds. The van der Waals surface area contributed by atoms with E-state index in [-0.39, 0.29) is 10.7 Å². The van der Waals surface area contributed by atoms with Gasteiger partial charge in [-0.2, -0.15) is 0 Å². The van der Waals surface area contributed by atoms with Crippen LogP contribution in [-0.4, -0.2) is 47.9 Å². The zero-order valence-corrected chi connectivity index (χ0v) is 12.8. The predicted molar refractivity (Wildman–Crippen MR) is 75.3 cm³/mol. The van der Waals surface area contributed by atoms with Crippen molar-refractivity contribution in [1.29, 1.82) is 0 Å². The van der Waals surface area contributed by atoms with Crippen LogP contribution in [0, 0.1) is 13.8 Å². The van der Waals surface area contributed by atoms with Gasteiger partial charge >= 0.3 is 0 Å². The maximum absolute atomic E-state index is 12.2. The lowest BCUT2D eigenvalue weighted by Gasteiger charge is -2.21. The van der Waals surface area contributed by atoms with Gasteiger partial charge < -0.3 is 9.64 Å². The minimum Gasteiger partial charge on any atom is -0.383 e. The minimum absolute atomic E-state index is 0.0134. The molecular weight excluding hydrogens is 296 g/mol. The van der Waals surface area contributed by atoms with Gasteiger partial charge in [0.15, 0.2) is 0 Å². The number of amides is 1. The SMILES string of the molecule is COCC(Br)CN(C)C(=O)c1ccc(C)nc1C. The van der Waals surface area contributed by atoms with E-state index in [0.717, 1.165) is 11.4 Å². The number of ether oxygens (including phenoxy) is 1. The highest BCUT2D eigenvalue weighted by Gasteiger charge is 2.17. The molecule has 0 bridgehead atoms. The minimum atomic E-state index is -0.0134. The third-order valence-corrected chi connectivity index (χ3v) is 3.18. The number of carbonyl (C=O) groups is 1. The lowest BCUT2D eigenvalue weighted by molar-refractivity contribution is 0.0783. The van der Waals surface area contributed by atoms with E-state index < -0.39 is 0 Å². The lowest BCUT2D eigenvalue weighted by atomic mass is 10.1. The number of alkyl halides is 1. The van der Waals surface area contributed by atoms with E-state index in [9.17, 15) is 4.79 Å². The van der Waals surface area contributed by atoms with Gasteiger partial charge in [-0.05, 0) is 26.0 Å². The van der Waals surface area contributed by atoms with Crippen LogP contribution in [0.25, 0.3) is 0 Å². The standard InChI is InChI=1S/C13H19BrN2O2/c1-9-5-6-12(10(2)15-9)13(17)16(3)7-11(14)8-18-4/h5-6,11H,7-8H2,1-4H3. The van der Waals surface area contributed by atoms with Crippen molar-refractivity contribution in [2.24, 2.45) is 0 Å². The number of methoxy groups -OCH3 is 1. The molecule has 100 valence electrons. The molecule has 1 heterocycles. The van der Waals surface area contributed by atoms with Gasteiger partial charge in [0.1, 0.15) is 0 Å². The normalized spacial score (nSPS) is 12.3. The fraction of sp³-hybridized carbons (Fsp3) is 0.538. The average Bonchev–Trinajstić information content (AvgIpc) is 2.28. The molecule has 1 aromatic rings. The Kier molecular flexibility index (Phi) is 5.75. The highest BCUT2D eigenvalue weighted by molar-refractivity contribution is 9.09. The molecular formula is C13H19BrN2O2. The highest BCUT2D eigenvalue weighted by atomic mass is 79.9. The smallest absolute Gasteiger partial charge is 0.255 e. The van der Waals surface area contributed by atoms with Crippen molar-refractivity contribution in [3.63, 3.8) is 0 Å². The monoisotopic (exact) mass is 314 g/mol. The van der Waals surface area contributed by atoms with E-state index in [2.05, 4.69) is 20.9 Å². The molecule has 1 aromatic heterocycles. The van der Waals surface area contributed by atoms with Gasteiger partial charge in [0.05, 0.1) is 22.7 Å². The zero-order chi connectivity index (χ0) is 13.7. The summed E-state index contributed by atoms with van der Waals surface area (Å²) in [6, 6.07) is 3.69. The van der Waals surface area contributed by atoms with Crippen LogP contribution < -0.4 is 0 Å². The van der Waals surface area contributed by atoms with Crippen molar-refractivity contribution in [1.82, 2.24) is 9.88 Å². The lowest BCUT2D eigenvalue weighted by Crippen LogP contribution is -2.34. The second kappa shape index (κ2) is 6.85. The third kappa shape index (κ3) is 4.07. The molecule has 0 aromatic carbocycles. The van der Waals surface area contributed by atoms with Gasteiger partial charge in [-0.1, -0.05) is 15.9 Å². The topological polar surface area (TPSA) is 42.4 Å². The van der Waals surface area contributed by atoms with Crippen LogP contribution in [0.3, 0.4) is 0 Å². The third-order valence-electron chi connectivity index (χ3n) is 2.62. The molecule has 0 aliphatic carbocycles. The number of hydrogen-bond donors (Lipinski definition) is 0. The summed E-state index contributed by atoms with van der Waals surface area (Å²) in [6.07, 6.45) is 0. The Morgan fingerprint density at radius 3 is 2.72 bits per heavy atom. The van der Waals surface area contributed by atoms with Gasteiger partial charge in [-0.25, -0.2) is 0 Å². The molecule has 0 aliphatic heterocycles. The Morgan fingerprint density at radius 1 is 1.50 bits per heavy atom. The van der Waals surface area contributed by atoms with Gasteiger partial charge in [-0.15, -0.1) is 0 Å². The van der Waals surface area contributed by atoms with E-state index in [0.29, 0.717) is 18.7 Å². The molecule has 0 saturated heterocycles. The first-order valence-electron chi connectivity index (χ1n) is 5.78. The van der Waals surface area contributed by atoms with E-state index in [1.807, 2.05) is 26.0 Å². The first-order chi connectivity index (χ1) is 8.45. The predicted octanol–water partition coefficient (Wildman–Crippen LogP) is 2.18. The number of rotatable bonds is 5. The summed E-state index contributed by atoms with van der Waals surface area (Å²) < 4.78 is 5.03. The van der Waals surface area contributed by atoms with E-state index in [1.165, 1.54) is 0 Å². The van der Waals surface area contributed by atoms with Crippen LogP contribution >= 0.6 is 15.9 Å². The molecule has 1 unspecified atom stereocenters. The summed E-state index contributed by atoms with van der Waals surface area (Å²) in [5.74, 6) is -0.0134. The molecule has 0 spiro atoms. The number of nitrogens with zero attached hydrogens (tertiary/aromatic N) is 2. The molecule has 0 saturated carbocycles. The second-order valence-corrected chi connectivity index (χ2v) is 5.62.